The standard InChI is InChI=1S/C13H21N3O/c14-9-12(10-5-2-1-3-6-10)16-13(17)15-11-7-4-8-11/h10-12H,1-8H2,(H2,15,16,17). The Hall–Kier alpha value is -1.24. The Morgan fingerprint density at radius 3 is 2.35 bits per heavy atom. The van der Waals surface area contributed by atoms with E-state index in [1.165, 1.54) is 25.7 Å². The number of amides is 2. The number of hydrogen-bond donors (Lipinski definition) is 2. The van der Waals surface area contributed by atoms with Crippen molar-refractivity contribution < 1.29 is 4.79 Å². The Bertz CT molecular complexity index is 300. The van der Waals surface area contributed by atoms with E-state index in [0.29, 0.717) is 12.0 Å². The predicted molar refractivity (Wildman–Crippen MR) is 65.3 cm³/mol. The molecule has 0 bridgehead atoms. The van der Waals surface area contributed by atoms with Gasteiger partial charge in [0.05, 0.1) is 6.07 Å². The summed E-state index contributed by atoms with van der Waals surface area (Å²) in [6.07, 6.45) is 9.15. The van der Waals surface area contributed by atoms with E-state index in [1.54, 1.807) is 0 Å². The van der Waals surface area contributed by atoms with Crippen LogP contribution in [0.1, 0.15) is 51.4 Å². The second-order valence-electron chi connectivity index (χ2n) is 5.25. The van der Waals surface area contributed by atoms with Crippen molar-refractivity contribution in [3.63, 3.8) is 0 Å². The summed E-state index contributed by atoms with van der Waals surface area (Å²) in [5, 5.41) is 14.9. The first-order chi connectivity index (χ1) is 8.29. The fourth-order valence-electron chi connectivity index (χ4n) is 2.64. The van der Waals surface area contributed by atoms with Gasteiger partial charge in [0.1, 0.15) is 6.04 Å². The van der Waals surface area contributed by atoms with Crippen molar-refractivity contribution in [3.05, 3.63) is 0 Å². The number of urea groups is 1. The lowest BCUT2D eigenvalue weighted by atomic mass is 9.84. The third kappa shape index (κ3) is 3.36. The first-order valence-electron chi connectivity index (χ1n) is 6.76. The van der Waals surface area contributed by atoms with E-state index in [9.17, 15) is 4.79 Å². The van der Waals surface area contributed by atoms with Gasteiger partial charge < -0.3 is 10.6 Å². The summed E-state index contributed by atoms with van der Waals surface area (Å²) < 4.78 is 0. The highest BCUT2D eigenvalue weighted by molar-refractivity contribution is 5.75. The number of nitrogens with zero attached hydrogens (tertiary/aromatic N) is 1. The van der Waals surface area contributed by atoms with Crippen molar-refractivity contribution in [1.29, 1.82) is 5.26 Å². The molecule has 17 heavy (non-hydrogen) atoms. The topological polar surface area (TPSA) is 64.9 Å². The third-order valence-electron chi connectivity index (χ3n) is 3.99. The molecule has 0 aliphatic heterocycles. The van der Waals surface area contributed by atoms with Gasteiger partial charge in [-0.25, -0.2) is 4.79 Å². The maximum Gasteiger partial charge on any atom is 0.316 e. The molecule has 1 unspecified atom stereocenters. The van der Waals surface area contributed by atoms with Gasteiger partial charge in [0.2, 0.25) is 0 Å². The Morgan fingerprint density at radius 1 is 1.12 bits per heavy atom. The summed E-state index contributed by atoms with van der Waals surface area (Å²) in [5.74, 6) is 0.348. The van der Waals surface area contributed by atoms with Crippen LogP contribution in [-0.4, -0.2) is 18.1 Å². The van der Waals surface area contributed by atoms with Crippen molar-refractivity contribution in [2.45, 2.75) is 63.5 Å². The molecule has 0 heterocycles. The summed E-state index contributed by atoms with van der Waals surface area (Å²) in [5.41, 5.74) is 0. The first-order valence-corrected chi connectivity index (χ1v) is 6.76. The first kappa shape index (κ1) is 12.2. The largest absolute Gasteiger partial charge is 0.335 e. The average Bonchev–Trinajstić information content (AvgIpc) is 2.32. The van der Waals surface area contributed by atoms with Crippen molar-refractivity contribution >= 4 is 6.03 Å². The van der Waals surface area contributed by atoms with Crippen LogP contribution in [0.5, 0.6) is 0 Å². The molecule has 0 spiro atoms. The Labute approximate surface area is 103 Å². The van der Waals surface area contributed by atoms with Crippen LogP contribution in [-0.2, 0) is 0 Å². The van der Waals surface area contributed by atoms with Crippen LogP contribution in [0.15, 0.2) is 0 Å². The van der Waals surface area contributed by atoms with Crippen LogP contribution in [0.25, 0.3) is 0 Å². The highest BCUT2D eigenvalue weighted by Gasteiger charge is 2.26. The van der Waals surface area contributed by atoms with Gasteiger partial charge in [0.15, 0.2) is 0 Å². The molecule has 2 aliphatic rings. The molecule has 2 rings (SSSR count). The molecule has 2 fully saturated rings. The number of carbonyl (C=O) groups is 1. The number of hydrogen-bond acceptors (Lipinski definition) is 2. The Kier molecular flexibility index (Phi) is 4.24. The SMILES string of the molecule is N#CC(NC(=O)NC1CCC1)C1CCCCC1. The summed E-state index contributed by atoms with van der Waals surface area (Å²) in [6.45, 7) is 0. The number of nitriles is 1. The highest BCUT2D eigenvalue weighted by atomic mass is 16.2. The average molecular weight is 235 g/mol. The van der Waals surface area contributed by atoms with Gasteiger partial charge >= 0.3 is 6.03 Å². The molecule has 2 aliphatic carbocycles. The third-order valence-corrected chi connectivity index (χ3v) is 3.99. The number of rotatable bonds is 3. The van der Waals surface area contributed by atoms with Crippen LogP contribution in [0.3, 0.4) is 0 Å². The van der Waals surface area contributed by atoms with E-state index >= 15 is 0 Å². The van der Waals surface area contributed by atoms with Gasteiger partial charge in [0, 0.05) is 6.04 Å². The molecule has 2 amide bonds. The lowest BCUT2D eigenvalue weighted by Crippen LogP contribution is -2.50. The zero-order chi connectivity index (χ0) is 12.1. The number of carbonyl (C=O) groups excluding carboxylic acids is 1. The van der Waals surface area contributed by atoms with Gasteiger partial charge in [-0.15, -0.1) is 0 Å². The maximum atomic E-state index is 11.7. The molecule has 0 aromatic rings. The predicted octanol–water partition coefficient (Wildman–Crippen LogP) is 2.31. The molecule has 0 aromatic heterocycles. The molecular weight excluding hydrogens is 214 g/mol. The molecule has 4 heteroatoms. The van der Waals surface area contributed by atoms with E-state index in [0.717, 1.165) is 25.7 Å². The van der Waals surface area contributed by atoms with Crippen molar-refractivity contribution in [3.8, 4) is 6.07 Å². The quantitative estimate of drug-likeness (QED) is 0.788. The second kappa shape index (κ2) is 5.90. The smallest absolute Gasteiger partial charge is 0.316 e. The minimum absolute atomic E-state index is 0.160. The monoisotopic (exact) mass is 235 g/mol. The summed E-state index contributed by atoms with van der Waals surface area (Å²) in [7, 11) is 0. The van der Waals surface area contributed by atoms with Gasteiger partial charge in [-0.3, -0.25) is 0 Å². The summed E-state index contributed by atoms with van der Waals surface area (Å²) in [6, 6.07) is 2.10. The molecule has 4 nitrogen and oxygen atoms in total. The molecular formula is C13H21N3O. The zero-order valence-electron chi connectivity index (χ0n) is 10.2. The van der Waals surface area contributed by atoms with Crippen LogP contribution in [0.2, 0.25) is 0 Å². The van der Waals surface area contributed by atoms with Crippen molar-refractivity contribution in [1.82, 2.24) is 10.6 Å². The number of nitrogens with one attached hydrogen (secondary N) is 2. The molecule has 0 aromatic carbocycles. The molecule has 2 saturated carbocycles. The van der Waals surface area contributed by atoms with E-state index in [1.807, 2.05) is 0 Å². The van der Waals surface area contributed by atoms with Gasteiger partial charge in [0.25, 0.3) is 0 Å². The van der Waals surface area contributed by atoms with Gasteiger partial charge in [-0.2, -0.15) is 5.26 Å². The molecule has 94 valence electrons. The second-order valence-corrected chi connectivity index (χ2v) is 5.25. The molecule has 2 N–H and O–H groups in total. The Balaban J connectivity index is 1.77. The summed E-state index contributed by atoms with van der Waals surface area (Å²) >= 11 is 0. The lowest BCUT2D eigenvalue weighted by Gasteiger charge is -2.29. The fraction of sp³-hybridized carbons (Fsp3) is 0.846. The molecule has 1 atom stereocenters. The van der Waals surface area contributed by atoms with Crippen LogP contribution in [0, 0.1) is 17.2 Å². The van der Waals surface area contributed by atoms with Crippen molar-refractivity contribution in [2.24, 2.45) is 5.92 Å². The fourth-order valence-corrected chi connectivity index (χ4v) is 2.64. The van der Waals surface area contributed by atoms with E-state index in [2.05, 4.69) is 16.7 Å². The van der Waals surface area contributed by atoms with Gasteiger partial charge in [-0.1, -0.05) is 19.3 Å². The maximum absolute atomic E-state index is 11.7. The highest BCUT2D eigenvalue weighted by Crippen LogP contribution is 2.26. The molecule has 0 radical (unpaired) electrons. The van der Waals surface area contributed by atoms with Crippen molar-refractivity contribution in [2.75, 3.05) is 0 Å². The molecule has 0 saturated heterocycles. The lowest BCUT2D eigenvalue weighted by molar-refractivity contribution is 0.218. The van der Waals surface area contributed by atoms with Crippen LogP contribution < -0.4 is 10.6 Å². The minimum Gasteiger partial charge on any atom is -0.335 e. The van der Waals surface area contributed by atoms with Gasteiger partial charge in [-0.05, 0) is 38.0 Å². The van der Waals surface area contributed by atoms with Crippen LogP contribution >= 0.6 is 0 Å². The van der Waals surface area contributed by atoms with E-state index in [-0.39, 0.29) is 12.1 Å². The Morgan fingerprint density at radius 2 is 1.82 bits per heavy atom. The van der Waals surface area contributed by atoms with E-state index < -0.39 is 0 Å². The van der Waals surface area contributed by atoms with E-state index in [4.69, 9.17) is 5.26 Å². The summed E-state index contributed by atoms with van der Waals surface area (Å²) in [4.78, 5) is 11.7. The normalized spacial score (nSPS) is 23.2. The minimum atomic E-state index is -0.310. The zero-order valence-corrected chi connectivity index (χ0v) is 10.2. The van der Waals surface area contributed by atoms with Crippen LogP contribution in [0.4, 0.5) is 4.79 Å².